The van der Waals surface area contributed by atoms with Crippen LogP contribution in [0.3, 0.4) is 0 Å². The fraction of sp³-hybridized carbons (Fsp3) is 0.435. The summed E-state index contributed by atoms with van der Waals surface area (Å²) in [6.45, 7) is 6.29. The van der Waals surface area contributed by atoms with E-state index >= 15 is 0 Å². The third-order valence-electron chi connectivity index (χ3n) is 5.07. The lowest BCUT2D eigenvalue weighted by molar-refractivity contribution is 0.122. The number of hydrogen-bond donors (Lipinski definition) is 2. The minimum absolute atomic E-state index is 0. The highest BCUT2D eigenvalue weighted by Crippen LogP contribution is 2.24. The molecule has 9 heteroatoms. The molecule has 3 rings (SSSR count). The van der Waals surface area contributed by atoms with Crippen LogP contribution in [0.1, 0.15) is 18.1 Å². The van der Waals surface area contributed by atoms with Gasteiger partial charge in [-0.25, -0.2) is 9.38 Å². The maximum Gasteiger partial charge on any atom is 0.191 e. The average Bonchev–Trinajstić information content (AvgIpc) is 2.81. The first-order valence-corrected chi connectivity index (χ1v) is 10.5. The Kier molecular flexibility index (Phi) is 10.8. The monoisotopic (exact) mass is 558 g/mol. The van der Waals surface area contributed by atoms with Crippen LogP contribution in [0.2, 0.25) is 0 Å². The van der Waals surface area contributed by atoms with E-state index in [-0.39, 0.29) is 29.8 Å². The number of aliphatic imine (C=N–C) groups is 1. The molecule has 1 fully saturated rings. The van der Waals surface area contributed by atoms with E-state index in [0.29, 0.717) is 51.0 Å². The molecule has 0 spiro atoms. The molecule has 32 heavy (non-hydrogen) atoms. The summed E-state index contributed by atoms with van der Waals surface area (Å²) in [7, 11) is 3.26. The molecule has 0 radical (unpaired) electrons. The van der Waals surface area contributed by atoms with Crippen LogP contribution in [0.15, 0.2) is 41.4 Å². The number of nitrogens with zero attached hydrogens (tertiary/aromatic N) is 2. The molecule has 0 bridgehead atoms. The lowest BCUT2D eigenvalue weighted by Gasteiger charge is -2.29. The zero-order valence-corrected chi connectivity index (χ0v) is 21.1. The van der Waals surface area contributed by atoms with Crippen molar-refractivity contribution in [3.05, 3.63) is 53.3 Å². The second kappa shape index (κ2) is 13.3. The lowest BCUT2D eigenvalue weighted by Crippen LogP contribution is -2.37. The maximum atomic E-state index is 14.6. The summed E-state index contributed by atoms with van der Waals surface area (Å²) in [5, 5.41) is 6.52. The Hall–Kier alpha value is -2.27. The Labute approximate surface area is 206 Å². The van der Waals surface area contributed by atoms with Crippen LogP contribution >= 0.6 is 24.0 Å². The highest BCUT2D eigenvalue weighted by molar-refractivity contribution is 14.0. The average molecular weight is 558 g/mol. The zero-order chi connectivity index (χ0) is 22.1. The van der Waals surface area contributed by atoms with E-state index in [4.69, 9.17) is 14.2 Å². The molecule has 0 amide bonds. The van der Waals surface area contributed by atoms with Crippen LogP contribution in [0.25, 0.3) is 0 Å². The molecule has 0 aliphatic carbocycles. The van der Waals surface area contributed by atoms with Gasteiger partial charge >= 0.3 is 0 Å². The molecule has 2 aromatic carbocycles. The molecule has 2 aromatic rings. The van der Waals surface area contributed by atoms with Gasteiger partial charge in [-0.1, -0.05) is 6.07 Å². The molecule has 1 aliphatic rings. The molecule has 0 saturated carbocycles. The zero-order valence-electron chi connectivity index (χ0n) is 18.8. The largest absolute Gasteiger partial charge is 0.497 e. The minimum atomic E-state index is -0.226. The standard InChI is InChI=1S/C23H31FN4O3.HI/c1-4-25-23(27-16-18-6-7-19(29-2)14-22(18)30-3)26-15-17-5-8-21(20(24)13-17)28-9-11-31-12-10-28;/h5-8,13-14H,4,9-12,15-16H2,1-3H3,(H2,25,26,27);1H. The predicted octanol–water partition coefficient (Wildman–Crippen LogP) is 3.55. The number of halogens is 2. The molecular formula is C23H32FIN4O3. The Morgan fingerprint density at radius 1 is 1.09 bits per heavy atom. The Balaban J connectivity index is 0.00000363. The Morgan fingerprint density at radius 2 is 1.88 bits per heavy atom. The highest BCUT2D eigenvalue weighted by Gasteiger charge is 2.15. The number of rotatable bonds is 8. The van der Waals surface area contributed by atoms with Gasteiger partial charge in [0.1, 0.15) is 17.3 Å². The molecule has 0 atom stereocenters. The lowest BCUT2D eigenvalue weighted by atomic mass is 10.1. The van der Waals surface area contributed by atoms with Gasteiger partial charge in [-0.3, -0.25) is 0 Å². The summed E-state index contributed by atoms with van der Waals surface area (Å²) in [6, 6.07) is 11.0. The van der Waals surface area contributed by atoms with Crippen molar-refractivity contribution in [2.24, 2.45) is 4.99 Å². The summed E-state index contributed by atoms with van der Waals surface area (Å²) in [4.78, 5) is 6.61. The number of nitrogens with one attached hydrogen (secondary N) is 2. The summed E-state index contributed by atoms with van der Waals surface area (Å²) < 4.78 is 30.7. The van der Waals surface area contributed by atoms with Gasteiger partial charge in [-0.2, -0.15) is 0 Å². The molecule has 176 valence electrons. The van der Waals surface area contributed by atoms with Gasteiger partial charge in [0, 0.05) is 37.8 Å². The number of ether oxygens (including phenoxy) is 3. The first-order chi connectivity index (χ1) is 15.1. The first kappa shape index (κ1) is 26.0. The minimum Gasteiger partial charge on any atom is -0.497 e. The summed E-state index contributed by atoms with van der Waals surface area (Å²) in [5.41, 5.74) is 2.41. The van der Waals surface area contributed by atoms with Gasteiger partial charge in [0.05, 0.1) is 39.7 Å². The van der Waals surface area contributed by atoms with E-state index < -0.39 is 0 Å². The number of guanidine groups is 1. The predicted molar refractivity (Wildman–Crippen MR) is 136 cm³/mol. The molecular weight excluding hydrogens is 526 g/mol. The van der Waals surface area contributed by atoms with Crippen LogP contribution < -0.4 is 25.0 Å². The van der Waals surface area contributed by atoms with Crippen molar-refractivity contribution in [1.82, 2.24) is 10.6 Å². The van der Waals surface area contributed by atoms with Crippen molar-refractivity contribution >= 4 is 35.6 Å². The van der Waals surface area contributed by atoms with Crippen LogP contribution in [0, 0.1) is 5.82 Å². The number of morpholine rings is 1. The van der Waals surface area contributed by atoms with Crippen molar-refractivity contribution < 1.29 is 18.6 Å². The summed E-state index contributed by atoms with van der Waals surface area (Å²) in [6.07, 6.45) is 0. The number of benzene rings is 2. The van der Waals surface area contributed by atoms with Gasteiger partial charge in [-0.05, 0) is 36.8 Å². The number of hydrogen-bond acceptors (Lipinski definition) is 5. The van der Waals surface area contributed by atoms with Gasteiger partial charge < -0.3 is 29.7 Å². The van der Waals surface area contributed by atoms with Gasteiger partial charge in [0.15, 0.2) is 5.96 Å². The number of methoxy groups -OCH3 is 2. The van der Waals surface area contributed by atoms with Gasteiger partial charge in [-0.15, -0.1) is 24.0 Å². The second-order valence-electron chi connectivity index (χ2n) is 7.11. The van der Waals surface area contributed by atoms with E-state index in [9.17, 15) is 4.39 Å². The Bertz CT molecular complexity index is 892. The van der Waals surface area contributed by atoms with Crippen LogP contribution in [-0.4, -0.2) is 53.0 Å². The third-order valence-corrected chi connectivity index (χ3v) is 5.07. The van der Waals surface area contributed by atoms with Crippen molar-refractivity contribution in [2.45, 2.75) is 20.0 Å². The van der Waals surface area contributed by atoms with E-state index in [1.165, 1.54) is 0 Å². The maximum absolute atomic E-state index is 14.6. The molecule has 0 unspecified atom stereocenters. The highest BCUT2D eigenvalue weighted by atomic mass is 127. The van der Waals surface area contributed by atoms with Gasteiger partial charge in [0.25, 0.3) is 0 Å². The third kappa shape index (κ3) is 7.13. The van der Waals surface area contributed by atoms with Crippen molar-refractivity contribution in [2.75, 3.05) is 52.0 Å². The van der Waals surface area contributed by atoms with Crippen molar-refractivity contribution in [3.8, 4) is 11.5 Å². The topological polar surface area (TPSA) is 67.4 Å². The number of anilines is 1. The van der Waals surface area contributed by atoms with Gasteiger partial charge in [0.2, 0.25) is 0 Å². The summed E-state index contributed by atoms with van der Waals surface area (Å²) in [5.74, 6) is 1.90. The molecule has 7 nitrogen and oxygen atoms in total. The van der Waals surface area contributed by atoms with E-state index in [1.807, 2.05) is 42.2 Å². The SMILES string of the molecule is CCNC(=NCc1ccc(N2CCOCC2)c(F)c1)NCc1ccc(OC)cc1OC.I. The van der Waals surface area contributed by atoms with E-state index in [1.54, 1.807) is 20.3 Å². The van der Waals surface area contributed by atoms with Crippen molar-refractivity contribution in [1.29, 1.82) is 0 Å². The fourth-order valence-electron chi connectivity index (χ4n) is 3.40. The molecule has 1 saturated heterocycles. The second-order valence-corrected chi connectivity index (χ2v) is 7.11. The van der Waals surface area contributed by atoms with E-state index in [0.717, 1.165) is 29.2 Å². The van der Waals surface area contributed by atoms with Crippen LogP contribution in [-0.2, 0) is 17.8 Å². The normalized spacial score (nSPS) is 13.9. The summed E-state index contributed by atoms with van der Waals surface area (Å²) >= 11 is 0. The van der Waals surface area contributed by atoms with E-state index in [2.05, 4.69) is 15.6 Å². The Morgan fingerprint density at radius 3 is 2.53 bits per heavy atom. The fourth-order valence-corrected chi connectivity index (χ4v) is 3.40. The first-order valence-electron chi connectivity index (χ1n) is 10.5. The molecule has 2 N–H and O–H groups in total. The molecule has 1 heterocycles. The van der Waals surface area contributed by atoms with Crippen molar-refractivity contribution in [3.63, 3.8) is 0 Å². The molecule has 0 aromatic heterocycles. The quantitative estimate of drug-likeness (QED) is 0.294. The van der Waals surface area contributed by atoms with Crippen LogP contribution in [0.4, 0.5) is 10.1 Å². The smallest absolute Gasteiger partial charge is 0.191 e. The van der Waals surface area contributed by atoms with Crippen LogP contribution in [0.5, 0.6) is 11.5 Å². The molecule has 1 aliphatic heterocycles.